The first-order valence-corrected chi connectivity index (χ1v) is 10.1. The van der Waals surface area contributed by atoms with Gasteiger partial charge in [-0.15, -0.1) is 0 Å². The van der Waals surface area contributed by atoms with Gasteiger partial charge >= 0.3 is 0 Å². The smallest absolute Gasteiger partial charge is 0.191 e. The number of aliphatic imine (C=N–C) groups is 1. The van der Waals surface area contributed by atoms with Gasteiger partial charge in [0.05, 0.1) is 7.11 Å². The third-order valence-electron chi connectivity index (χ3n) is 5.20. The number of aromatic nitrogens is 1. The second-order valence-electron chi connectivity index (χ2n) is 7.23. The second kappa shape index (κ2) is 10.7. The molecule has 1 saturated heterocycles. The predicted octanol–water partition coefficient (Wildman–Crippen LogP) is 1.75. The summed E-state index contributed by atoms with van der Waals surface area (Å²) in [6, 6.07) is 12.3. The third-order valence-corrected chi connectivity index (χ3v) is 5.20. The standard InChI is InChI=1S/C22H32N6O/c1-23-22(25-11-9-19-6-4-5-7-20(19)29-3)26-17-18-8-10-24-21(16-18)28-14-12-27(2)13-15-28/h4-8,10,16H,9,11-15,17H2,1-3H3,(H2,23,25,26). The number of guanidine groups is 1. The second-order valence-corrected chi connectivity index (χ2v) is 7.23. The molecule has 2 aromatic rings. The molecule has 156 valence electrons. The van der Waals surface area contributed by atoms with Crippen molar-refractivity contribution < 1.29 is 4.74 Å². The monoisotopic (exact) mass is 396 g/mol. The first-order valence-electron chi connectivity index (χ1n) is 10.1. The zero-order valence-electron chi connectivity index (χ0n) is 17.7. The number of pyridine rings is 1. The predicted molar refractivity (Wildman–Crippen MR) is 119 cm³/mol. The number of benzene rings is 1. The van der Waals surface area contributed by atoms with Gasteiger partial charge in [0.2, 0.25) is 0 Å². The van der Waals surface area contributed by atoms with Gasteiger partial charge in [-0.2, -0.15) is 0 Å². The van der Waals surface area contributed by atoms with Gasteiger partial charge in [0.25, 0.3) is 0 Å². The molecule has 0 atom stereocenters. The minimum atomic E-state index is 0.706. The first-order chi connectivity index (χ1) is 14.2. The van der Waals surface area contributed by atoms with E-state index >= 15 is 0 Å². The summed E-state index contributed by atoms with van der Waals surface area (Å²) in [5.74, 6) is 2.76. The van der Waals surface area contributed by atoms with Crippen molar-refractivity contribution in [3.05, 3.63) is 53.7 Å². The molecular weight excluding hydrogens is 364 g/mol. The number of hydrogen-bond acceptors (Lipinski definition) is 5. The van der Waals surface area contributed by atoms with Crippen LogP contribution in [-0.4, -0.2) is 69.8 Å². The molecule has 1 aromatic heterocycles. The van der Waals surface area contributed by atoms with E-state index in [4.69, 9.17) is 4.74 Å². The molecule has 0 amide bonds. The van der Waals surface area contributed by atoms with Crippen molar-refractivity contribution >= 4 is 11.8 Å². The Balaban J connectivity index is 1.48. The Labute approximate surface area is 173 Å². The fourth-order valence-corrected chi connectivity index (χ4v) is 3.41. The number of ether oxygens (including phenoxy) is 1. The normalized spacial score (nSPS) is 15.3. The van der Waals surface area contributed by atoms with Gasteiger partial charge in [-0.25, -0.2) is 4.98 Å². The van der Waals surface area contributed by atoms with Crippen LogP contribution in [-0.2, 0) is 13.0 Å². The molecule has 1 aromatic carbocycles. The summed E-state index contributed by atoms with van der Waals surface area (Å²) in [7, 11) is 5.66. The first kappa shape index (κ1) is 20.9. The van der Waals surface area contributed by atoms with E-state index in [2.05, 4.69) is 55.7 Å². The fourth-order valence-electron chi connectivity index (χ4n) is 3.41. The molecule has 7 nitrogen and oxygen atoms in total. The molecule has 0 spiro atoms. The van der Waals surface area contributed by atoms with Crippen LogP contribution in [0.2, 0.25) is 0 Å². The van der Waals surface area contributed by atoms with Gasteiger partial charge in [0.15, 0.2) is 5.96 Å². The van der Waals surface area contributed by atoms with Crippen molar-refractivity contribution in [2.75, 3.05) is 58.8 Å². The van der Waals surface area contributed by atoms with Crippen LogP contribution in [0, 0.1) is 0 Å². The van der Waals surface area contributed by atoms with Crippen LogP contribution < -0.4 is 20.3 Å². The van der Waals surface area contributed by atoms with E-state index < -0.39 is 0 Å². The van der Waals surface area contributed by atoms with Crippen molar-refractivity contribution in [1.29, 1.82) is 0 Å². The van der Waals surface area contributed by atoms with Crippen molar-refractivity contribution in [2.45, 2.75) is 13.0 Å². The lowest BCUT2D eigenvalue weighted by atomic mass is 10.1. The molecule has 0 radical (unpaired) electrons. The summed E-state index contributed by atoms with van der Waals surface area (Å²) in [6.45, 7) is 5.68. The average molecular weight is 397 g/mol. The van der Waals surface area contributed by atoms with E-state index in [1.54, 1.807) is 14.2 Å². The van der Waals surface area contributed by atoms with Crippen LogP contribution in [0.4, 0.5) is 5.82 Å². The lowest BCUT2D eigenvalue weighted by molar-refractivity contribution is 0.312. The van der Waals surface area contributed by atoms with Crippen LogP contribution in [0.5, 0.6) is 5.75 Å². The van der Waals surface area contributed by atoms with Crippen LogP contribution >= 0.6 is 0 Å². The zero-order chi connectivity index (χ0) is 20.5. The summed E-state index contributed by atoms with van der Waals surface area (Å²) in [6.07, 6.45) is 2.76. The summed E-state index contributed by atoms with van der Waals surface area (Å²) in [5, 5.41) is 6.76. The van der Waals surface area contributed by atoms with Gasteiger partial charge in [0, 0.05) is 52.5 Å². The molecule has 1 fully saturated rings. The van der Waals surface area contributed by atoms with Crippen molar-refractivity contribution in [3.63, 3.8) is 0 Å². The van der Waals surface area contributed by atoms with E-state index in [-0.39, 0.29) is 0 Å². The minimum absolute atomic E-state index is 0.706. The lowest BCUT2D eigenvalue weighted by Crippen LogP contribution is -2.44. The van der Waals surface area contributed by atoms with Crippen molar-refractivity contribution in [3.8, 4) is 5.75 Å². The number of nitrogens with one attached hydrogen (secondary N) is 2. The number of likely N-dealkylation sites (N-methyl/N-ethyl adjacent to an activating group) is 1. The van der Waals surface area contributed by atoms with E-state index in [1.807, 2.05) is 24.4 Å². The maximum absolute atomic E-state index is 5.42. The van der Waals surface area contributed by atoms with Gasteiger partial charge < -0.3 is 25.2 Å². The molecule has 3 rings (SSSR count). The summed E-state index contributed by atoms with van der Waals surface area (Å²) < 4.78 is 5.42. The van der Waals surface area contributed by atoms with E-state index in [9.17, 15) is 0 Å². The van der Waals surface area contributed by atoms with Crippen molar-refractivity contribution in [2.24, 2.45) is 4.99 Å². The van der Waals surface area contributed by atoms with E-state index in [0.29, 0.717) is 6.54 Å². The van der Waals surface area contributed by atoms with Crippen LogP contribution in [0.3, 0.4) is 0 Å². The number of methoxy groups -OCH3 is 1. The molecular formula is C22H32N6O. The Kier molecular flexibility index (Phi) is 7.69. The average Bonchev–Trinajstić information content (AvgIpc) is 2.77. The SMILES string of the molecule is CN=C(NCCc1ccccc1OC)NCc1ccnc(N2CCN(C)CC2)c1. The Morgan fingerprint density at radius 3 is 2.69 bits per heavy atom. The summed E-state index contributed by atoms with van der Waals surface area (Å²) >= 11 is 0. The van der Waals surface area contributed by atoms with E-state index in [0.717, 1.165) is 56.7 Å². The Bertz CT molecular complexity index is 801. The summed E-state index contributed by atoms with van der Waals surface area (Å²) in [5.41, 5.74) is 2.38. The quantitative estimate of drug-likeness (QED) is 0.549. The highest BCUT2D eigenvalue weighted by atomic mass is 16.5. The van der Waals surface area contributed by atoms with Gasteiger partial charge in [-0.05, 0) is 42.8 Å². The highest BCUT2D eigenvalue weighted by Gasteiger charge is 2.15. The summed E-state index contributed by atoms with van der Waals surface area (Å²) in [4.78, 5) is 13.6. The Morgan fingerprint density at radius 1 is 1.14 bits per heavy atom. The molecule has 0 saturated carbocycles. The van der Waals surface area contributed by atoms with Gasteiger partial charge in [-0.3, -0.25) is 4.99 Å². The van der Waals surface area contributed by atoms with Crippen LogP contribution in [0.25, 0.3) is 0 Å². The third kappa shape index (κ3) is 6.09. The molecule has 0 aliphatic carbocycles. The Morgan fingerprint density at radius 2 is 1.93 bits per heavy atom. The zero-order valence-corrected chi connectivity index (χ0v) is 17.7. The number of para-hydroxylation sites is 1. The largest absolute Gasteiger partial charge is 0.496 e. The maximum atomic E-state index is 5.42. The Hall–Kier alpha value is -2.80. The molecule has 29 heavy (non-hydrogen) atoms. The molecule has 7 heteroatoms. The number of anilines is 1. The van der Waals surface area contributed by atoms with Crippen molar-refractivity contribution in [1.82, 2.24) is 20.5 Å². The van der Waals surface area contributed by atoms with Gasteiger partial charge in [0.1, 0.15) is 11.6 Å². The van der Waals surface area contributed by atoms with Crippen LogP contribution in [0.1, 0.15) is 11.1 Å². The minimum Gasteiger partial charge on any atom is -0.496 e. The number of nitrogens with zero attached hydrogens (tertiary/aromatic N) is 4. The number of hydrogen-bond donors (Lipinski definition) is 2. The molecule has 1 aliphatic rings. The van der Waals surface area contributed by atoms with E-state index in [1.165, 1.54) is 11.1 Å². The highest BCUT2D eigenvalue weighted by molar-refractivity contribution is 5.79. The lowest BCUT2D eigenvalue weighted by Gasteiger charge is -2.33. The topological polar surface area (TPSA) is 65.0 Å². The molecule has 0 unspecified atom stereocenters. The number of piperazine rings is 1. The highest BCUT2D eigenvalue weighted by Crippen LogP contribution is 2.17. The maximum Gasteiger partial charge on any atom is 0.191 e. The van der Waals surface area contributed by atoms with Gasteiger partial charge in [-0.1, -0.05) is 18.2 Å². The molecule has 1 aliphatic heterocycles. The molecule has 2 N–H and O–H groups in total. The molecule has 2 heterocycles. The van der Waals surface area contributed by atoms with Crippen LogP contribution in [0.15, 0.2) is 47.6 Å². The fraction of sp³-hybridized carbons (Fsp3) is 0.455. The number of rotatable bonds is 7. The molecule has 0 bridgehead atoms.